The first-order valence-corrected chi connectivity index (χ1v) is 12.0. The molecule has 0 aliphatic rings. The van der Waals surface area contributed by atoms with Gasteiger partial charge in [0.25, 0.3) is 0 Å². The van der Waals surface area contributed by atoms with Crippen molar-refractivity contribution in [3.8, 4) is 0 Å². The van der Waals surface area contributed by atoms with Crippen molar-refractivity contribution in [3.63, 3.8) is 0 Å². The molecule has 0 amide bonds. The van der Waals surface area contributed by atoms with Gasteiger partial charge in [0, 0.05) is 22.5 Å². The zero-order valence-electron chi connectivity index (χ0n) is 19.3. The molecule has 0 saturated heterocycles. The van der Waals surface area contributed by atoms with Crippen LogP contribution in [0.3, 0.4) is 0 Å². The van der Waals surface area contributed by atoms with Crippen LogP contribution >= 0.6 is 24.4 Å². The van der Waals surface area contributed by atoms with Gasteiger partial charge < -0.3 is 10.6 Å². The van der Waals surface area contributed by atoms with Gasteiger partial charge >= 0.3 is 0 Å². The van der Waals surface area contributed by atoms with Crippen LogP contribution in [0.1, 0.15) is 11.1 Å². The normalized spacial score (nSPS) is 11.3. The summed E-state index contributed by atoms with van der Waals surface area (Å²) in [5.74, 6) is 0. The minimum atomic E-state index is 0.358. The molecule has 0 bridgehead atoms. The predicted octanol–water partition coefficient (Wildman–Crippen LogP) is 5.77. The first kappa shape index (κ1) is 24.7. The third-order valence-electron chi connectivity index (χ3n) is 4.92. The van der Waals surface area contributed by atoms with Gasteiger partial charge in [-0.2, -0.15) is 10.2 Å². The van der Waals surface area contributed by atoms with Crippen molar-refractivity contribution in [3.05, 3.63) is 132 Å². The Morgan fingerprint density at radius 1 is 0.444 bits per heavy atom. The molecule has 178 valence electrons. The van der Waals surface area contributed by atoms with E-state index in [1.165, 1.54) is 0 Å². The van der Waals surface area contributed by atoms with Crippen LogP contribution in [0.5, 0.6) is 0 Å². The molecule has 0 fully saturated rings. The van der Waals surface area contributed by atoms with Crippen molar-refractivity contribution in [2.24, 2.45) is 10.2 Å². The standard InChI is InChI=1S/C28H24N6S2/c35-27(29-23-17-9-3-10-18-23)33-31-25(21-13-5-1-6-14-21)26(22-15-7-2-8-16-22)32-34-28(36)30-24-19-11-4-12-20-24/h1-20H,(H2,29,33,35)(H2,30,34,36)/b31-25+,32-26+. The minimum absolute atomic E-state index is 0.358. The zero-order valence-corrected chi connectivity index (χ0v) is 20.9. The highest BCUT2D eigenvalue weighted by molar-refractivity contribution is 7.80. The molecule has 0 aromatic heterocycles. The van der Waals surface area contributed by atoms with Gasteiger partial charge in [0.2, 0.25) is 0 Å². The Balaban J connectivity index is 1.63. The van der Waals surface area contributed by atoms with Gasteiger partial charge in [0.1, 0.15) is 11.4 Å². The fraction of sp³-hybridized carbons (Fsp3) is 0. The van der Waals surface area contributed by atoms with E-state index < -0.39 is 0 Å². The molecule has 0 aliphatic heterocycles. The molecule has 0 unspecified atom stereocenters. The average Bonchev–Trinajstić information content (AvgIpc) is 2.92. The third-order valence-corrected chi connectivity index (χ3v) is 5.31. The molecule has 0 heterocycles. The Morgan fingerprint density at radius 3 is 1.08 bits per heavy atom. The number of anilines is 2. The number of hydrogen-bond acceptors (Lipinski definition) is 4. The van der Waals surface area contributed by atoms with E-state index in [1.54, 1.807) is 0 Å². The number of nitrogens with one attached hydrogen (secondary N) is 4. The van der Waals surface area contributed by atoms with E-state index in [9.17, 15) is 0 Å². The van der Waals surface area contributed by atoms with Crippen LogP contribution in [0.4, 0.5) is 11.4 Å². The van der Waals surface area contributed by atoms with Crippen LogP contribution in [0, 0.1) is 0 Å². The van der Waals surface area contributed by atoms with E-state index in [1.807, 2.05) is 121 Å². The summed E-state index contributed by atoms with van der Waals surface area (Å²) >= 11 is 10.9. The van der Waals surface area contributed by atoms with Gasteiger partial charge in [-0.1, -0.05) is 97.1 Å². The molecule has 0 aliphatic carbocycles. The van der Waals surface area contributed by atoms with Gasteiger partial charge in [-0.25, -0.2) is 0 Å². The molecule has 0 atom stereocenters. The van der Waals surface area contributed by atoms with Gasteiger partial charge in [-0.05, 0) is 48.7 Å². The SMILES string of the molecule is S=C(N/N=C(/C(=N/NC(=S)Nc1ccccc1)c1ccccc1)c1ccccc1)Nc1ccccc1. The Bertz CT molecular complexity index is 1240. The average molecular weight is 509 g/mol. The fourth-order valence-electron chi connectivity index (χ4n) is 3.27. The van der Waals surface area contributed by atoms with Crippen LogP contribution in [-0.4, -0.2) is 21.6 Å². The lowest BCUT2D eigenvalue weighted by molar-refractivity contribution is 1.03. The maximum atomic E-state index is 5.47. The van der Waals surface area contributed by atoms with Crippen LogP contribution in [0.25, 0.3) is 0 Å². The minimum Gasteiger partial charge on any atom is -0.331 e. The fourth-order valence-corrected chi connectivity index (χ4v) is 3.60. The van der Waals surface area contributed by atoms with Crippen molar-refractivity contribution < 1.29 is 0 Å². The maximum absolute atomic E-state index is 5.47. The van der Waals surface area contributed by atoms with Gasteiger partial charge in [-0.15, -0.1) is 0 Å². The number of hydrazone groups is 2. The number of benzene rings is 4. The van der Waals surface area contributed by atoms with Crippen molar-refractivity contribution >= 4 is 57.5 Å². The van der Waals surface area contributed by atoms with E-state index in [4.69, 9.17) is 24.4 Å². The zero-order chi connectivity index (χ0) is 25.0. The lowest BCUT2D eigenvalue weighted by atomic mass is 10.00. The largest absolute Gasteiger partial charge is 0.331 e. The number of nitrogens with zero attached hydrogens (tertiary/aromatic N) is 2. The lowest BCUT2D eigenvalue weighted by Crippen LogP contribution is -2.31. The van der Waals surface area contributed by atoms with Crippen molar-refractivity contribution in [2.45, 2.75) is 0 Å². The van der Waals surface area contributed by atoms with Gasteiger partial charge in [-0.3, -0.25) is 10.9 Å². The molecular weight excluding hydrogens is 484 g/mol. The highest BCUT2D eigenvalue weighted by Crippen LogP contribution is 2.11. The van der Waals surface area contributed by atoms with Gasteiger partial charge in [0.05, 0.1) is 0 Å². The molecule has 4 N–H and O–H groups in total. The molecule has 6 nitrogen and oxygen atoms in total. The van der Waals surface area contributed by atoms with E-state index in [2.05, 4.69) is 31.7 Å². The monoisotopic (exact) mass is 508 g/mol. The molecule has 0 saturated carbocycles. The summed E-state index contributed by atoms with van der Waals surface area (Å²) in [5, 5.41) is 16.3. The molecule has 4 rings (SSSR count). The molecule has 4 aromatic rings. The Kier molecular flexibility index (Phi) is 8.85. The second kappa shape index (κ2) is 12.9. The number of rotatable bonds is 7. The molecular formula is C28H24N6S2. The topological polar surface area (TPSA) is 72.8 Å². The lowest BCUT2D eigenvalue weighted by Gasteiger charge is -2.14. The quantitative estimate of drug-likeness (QED) is 0.144. The predicted molar refractivity (Wildman–Crippen MR) is 158 cm³/mol. The second-order valence-corrected chi connectivity index (χ2v) is 8.33. The highest BCUT2D eigenvalue weighted by Gasteiger charge is 2.16. The first-order chi connectivity index (χ1) is 17.7. The second-order valence-electron chi connectivity index (χ2n) is 7.52. The Morgan fingerprint density at radius 2 is 0.750 bits per heavy atom. The summed E-state index contributed by atoms with van der Waals surface area (Å²) in [6.45, 7) is 0. The van der Waals surface area contributed by atoms with E-state index >= 15 is 0 Å². The van der Waals surface area contributed by atoms with E-state index in [-0.39, 0.29) is 0 Å². The molecule has 36 heavy (non-hydrogen) atoms. The van der Waals surface area contributed by atoms with Crippen LogP contribution in [0.15, 0.2) is 132 Å². The molecule has 0 spiro atoms. The summed E-state index contributed by atoms with van der Waals surface area (Å²) in [6.07, 6.45) is 0. The highest BCUT2D eigenvalue weighted by atomic mass is 32.1. The molecule has 4 aromatic carbocycles. The number of para-hydroxylation sites is 2. The van der Waals surface area contributed by atoms with Crippen LogP contribution in [-0.2, 0) is 0 Å². The first-order valence-electron chi connectivity index (χ1n) is 11.2. The third kappa shape index (κ3) is 7.30. The van der Waals surface area contributed by atoms with E-state index in [0.717, 1.165) is 22.5 Å². The number of thiocarbonyl (C=S) groups is 2. The summed E-state index contributed by atoms with van der Waals surface area (Å²) < 4.78 is 0. The Hall–Kier alpha value is -4.40. The van der Waals surface area contributed by atoms with Crippen LogP contribution in [0.2, 0.25) is 0 Å². The van der Waals surface area contributed by atoms with Crippen molar-refractivity contribution in [1.29, 1.82) is 0 Å². The summed E-state index contributed by atoms with van der Waals surface area (Å²) in [6, 6.07) is 38.9. The summed E-state index contributed by atoms with van der Waals surface area (Å²) in [7, 11) is 0. The molecule has 0 radical (unpaired) electrons. The smallest absolute Gasteiger partial charge is 0.191 e. The van der Waals surface area contributed by atoms with Crippen molar-refractivity contribution in [2.75, 3.05) is 10.6 Å². The summed E-state index contributed by atoms with van der Waals surface area (Å²) in [4.78, 5) is 0. The maximum Gasteiger partial charge on any atom is 0.191 e. The molecule has 8 heteroatoms. The van der Waals surface area contributed by atoms with Gasteiger partial charge in [0.15, 0.2) is 10.2 Å². The van der Waals surface area contributed by atoms with Crippen LogP contribution < -0.4 is 21.5 Å². The number of hydrogen-bond donors (Lipinski definition) is 4. The van der Waals surface area contributed by atoms with E-state index in [0.29, 0.717) is 21.6 Å². The Labute approximate surface area is 221 Å². The summed E-state index contributed by atoms with van der Waals surface area (Å²) in [5.41, 5.74) is 10.5. The van der Waals surface area contributed by atoms with Crippen molar-refractivity contribution in [1.82, 2.24) is 10.9 Å².